The summed E-state index contributed by atoms with van der Waals surface area (Å²) in [5, 5.41) is 4.85. The fourth-order valence-electron chi connectivity index (χ4n) is 1.04. The molecular formula is C7H8N4O2. The Bertz CT molecular complexity index is 382. The number of amidine groups is 1. The molecule has 0 saturated carbocycles. The van der Waals surface area contributed by atoms with Gasteiger partial charge in [0.25, 0.3) is 5.91 Å². The summed E-state index contributed by atoms with van der Waals surface area (Å²) < 4.78 is 5.00. The van der Waals surface area contributed by atoms with E-state index < -0.39 is 0 Å². The van der Waals surface area contributed by atoms with Gasteiger partial charge in [-0.3, -0.25) is 4.79 Å². The number of nitrogens with two attached hydrogens (primary N) is 1. The van der Waals surface area contributed by atoms with Crippen LogP contribution in [0, 0.1) is 6.92 Å². The number of aromatic nitrogens is 1. The monoisotopic (exact) mass is 180 g/mol. The summed E-state index contributed by atoms with van der Waals surface area (Å²) in [6, 6.07) is 0.169. The van der Waals surface area contributed by atoms with E-state index in [-0.39, 0.29) is 24.2 Å². The molecule has 0 spiro atoms. The summed E-state index contributed by atoms with van der Waals surface area (Å²) in [6.45, 7) is 1.76. The number of hydrazone groups is 1. The maximum absolute atomic E-state index is 11.2. The summed E-state index contributed by atoms with van der Waals surface area (Å²) in [5.41, 5.74) is 6.08. The molecule has 1 aliphatic rings. The Balaban J connectivity index is 2.32. The van der Waals surface area contributed by atoms with Crippen molar-refractivity contribution in [2.45, 2.75) is 13.3 Å². The number of amides is 1. The van der Waals surface area contributed by atoms with E-state index in [0.717, 1.165) is 5.01 Å². The minimum absolute atomic E-state index is 0.126. The first-order valence-electron chi connectivity index (χ1n) is 3.75. The molecule has 1 amide bonds. The summed E-state index contributed by atoms with van der Waals surface area (Å²) in [6.07, 6.45) is 1.58. The average molecular weight is 180 g/mol. The van der Waals surface area contributed by atoms with Crippen molar-refractivity contribution in [1.29, 1.82) is 0 Å². The molecule has 2 heterocycles. The van der Waals surface area contributed by atoms with E-state index in [1.807, 2.05) is 0 Å². The van der Waals surface area contributed by atoms with Gasteiger partial charge in [0, 0.05) is 0 Å². The first-order chi connectivity index (χ1) is 6.16. The van der Waals surface area contributed by atoms with Gasteiger partial charge in [-0.25, -0.2) is 0 Å². The molecule has 0 radical (unpaired) electrons. The Morgan fingerprint density at radius 3 is 2.92 bits per heavy atom. The molecule has 6 nitrogen and oxygen atoms in total. The highest BCUT2D eigenvalue weighted by Gasteiger charge is 2.26. The molecule has 68 valence electrons. The van der Waals surface area contributed by atoms with Crippen molar-refractivity contribution in [2.24, 2.45) is 10.8 Å². The molecule has 0 bridgehead atoms. The minimum atomic E-state index is -0.223. The van der Waals surface area contributed by atoms with E-state index >= 15 is 0 Å². The molecule has 6 heteroatoms. The highest BCUT2D eigenvalue weighted by Crippen LogP contribution is 2.17. The largest absolute Gasteiger partial charge is 0.430 e. The lowest BCUT2D eigenvalue weighted by Gasteiger charge is -2.03. The van der Waals surface area contributed by atoms with Gasteiger partial charge in [-0.15, -0.1) is 10.1 Å². The van der Waals surface area contributed by atoms with Crippen molar-refractivity contribution in [1.82, 2.24) is 4.98 Å². The van der Waals surface area contributed by atoms with Gasteiger partial charge in [-0.2, -0.15) is 4.98 Å². The molecule has 0 unspecified atom stereocenters. The molecule has 0 atom stereocenters. The van der Waals surface area contributed by atoms with Crippen LogP contribution in [0.15, 0.2) is 15.8 Å². The lowest BCUT2D eigenvalue weighted by molar-refractivity contribution is -0.117. The normalized spacial score (nSPS) is 16.5. The second-order valence-electron chi connectivity index (χ2n) is 2.75. The number of oxazole rings is 1. The Kier molecular flexibility index (Phi) is 1.54. The van der Waals surface area contributed by atoms with E-state index in [4.69, 9.17) is 10.2 Å². The van der Waals surface area contributed by atoms with Gasteiger partial charge in [0.05, 0.1) is 12.1 Å². The number of anilines is 1. The van der Waals surface area contributed by atoms with Crippen LogP contribution in [0.3, 0.4) is 0 Å². The molecule has 1 aliphatic heterocycles. The SMILES string of the molecule is Cc1coc(N2N=C(N)CC2=O)n1. The van der Waals surface area contributed by atoms with Crippen LogP contribution in [0.5, 0.6) is 0 Å². The Hall–Kier alpha value is -1.85. The van der Waals surface area contributed by atoms with Crippen LogP contribution >= 0.6 is 0 Å². The van der Waals surface area contributed by atoms with Crippen LogP contribution in [0.25, 0.3) is 0 Å². The zero-order valence-corrected chi connectivity index (χ0v) is 7.02. The molecule has 2 N–H and O–H groups in total. The van der Waals surface area contributed by atoms with Gasteiger partial charge >= 0.3 is 6.01 Å². The number of hydrogen-bond acceptors (Lipinski definition) is 5. The van der Waals surface area contributed by atoms with E-state index in [0.29, 0.717) is 5.69 Å². The lowest BCUT2D eigenvalue weighted by atomic mass is 10.4. The first-order valence-corrected chi connectivity index (χ1v) is 3.75. The summed E-state index contributed by atoms with van der Waals surface area (Å²) >= 11 is 0. The lowest BCUT2D eigenvalue weighted by Crippen LogP contribution is -2.19. The predicted molar refractivity (Wildman–Crippen MR) is 45.0 cm³/mol. The van der Waals surface area contributed by atoms with Crippen LogP contribution in [-0.2, 0) is 4.79 Å². The predicted octanol–water partition coefficient (Wildman–Crippen LogP) is -0.00808. The highest BCUT2D eigenvalue weighted by molar-refractivity contribution is 6.10. The third kappa shape index (κ3) is 1.26. The first kappa shape index (κ1) is 7.78. The Labute approximate surface area is 74.0 Å². The van der Waals surface area contributed by atoms with Crippen molar-refractivity contribution in [3.8, 4) is 0 Å². The van der Waals surface area contributed by atoms with E-state index in [1.165, 1.54) is 6.26 Å². The Morgan fingerprint density at radius 2 is 2.46 bits per heavy atom. The fraction of sp³-hybridized carbons (Fsp3) is 0.286. The molecule has 0 saturated heterocycles. The third-order valence-electron chi connectivity index (χ3n) is 1.59. The molecule has 1 aromatic rings. The number of carbonyl (C=O) groups is 1. The smallest absolute Gasteiger partial charge is 0.326 e. The maximum atomic E-state index is 11.2. The van der Waals surface area contributed by atoms with Crippen LogP contribution in [0.2, 0.25) is 0 Å². The average Bonchev–Trinajstić information content (AvgIpc) is 2.58. The number of nitrogens with zero attached hydrogens (tertiary/aromatic N) is 3. The molecular weight excluding hydrogens is 172 g/mol. The van der Waals surface area contributed by atoms with Crippen molar-refractivity contribution < 1.29 is 9.21 Å². The van der Waals surface area contributed by atoms with Gasteiger partial charge in [0.1, 0.15) is 12.1 Å². The number of rotatable bonds is 1. The summed E-state index contributed by atoms with van der Waals surface area (Å²) in [7, 11) is 0. The standard InChI is InChI=1S/C7H8N4O2/c1-4-3-13-7(9-4)11-6(12)2-5(8)10-11/h3H,2H2,1H3,(H2,8,10). The second-order valence-corrected chi connectivity index (χ2v) is 2.75. The second kappa shape index (κ2) is 2.58. The van der Waals surface area contributed by atoms with E-state index in [2.05, 4.69) is 10.1 Å². The van der Waals surface area contributed by atoms with Gasteiger partial charge in [-0.05, 0) is 6.92 Å². The number of carbonyl (C=O) groups excluding carboxylic acids is 1. The quantitative estimate of drug-likeness (QED) is 0.658. The molecule has 0 aliphatic carbocycles. The van der Waals surface area contributed by atoms with Crippen LogP contribution in [0.1, 0.15) is 12.1 Å². The zero-order valence-electron chi connectivity index (χ0n) is 7.02. The van der Waals surface area contributed by atoms with Gasteiger partial charge in [0.2, 0.25) is 0 Å². The third-order valence-corrected chi connectivity index (χ3v) is 1.59. The molecule has 13 heavy (non-hydrogen) atoms. The molecule has 1 aromatic heterocycles. The van der Waals surface area contributed by atoms with Crippen LogP contribution in [-0.4, -0.2) is 16.7 Å². The van der Waals surface area contributed by atoms with Gasteiger partial charge in [-0.1, -0.05) is 0 Å². The van der Waals surface area contributed by atoms with Crippen molar-refractivity contribution in [2.75, 3.05) is 5.01 Å². The summed E-state index contributed by atoms with van der Waals surface area (Å²) in [5.74, 6) is 0.0557. The topological polar surface area (TPSA) is 84.7 Å². The van der Waals surface area contributed by atoms with Crippen LogP contribution in [0.4, 0.5) is 6.01 Å². The van der Waals surface area contributed by atoms with Crippen molar-refractivity contribution >= 4 is 17.8 Å². The van der Waals surface area contributed by atoms with Crippen molar-refractivity contribution in [3.63, 3.8) is 0 Å². The zero-order chi connectivity index (χ0) is 9.42. The minimum Gasteiger partial charge on any atom is -0.430 e. The van der Waals surface area contributed by atoms with Crippen molar-refractivity contribution in [3.05, 3.63) is 12.0 Å². The Morgan fingerprint density at radius 1 is 1.69 bits per heavy atom. The molecule has 0 aromatic carbocycles. The van der Waals surface area contributed by atoms with Crippen LogP contribution < -0.4 is 10.7 Å². The number of aryl methyl sites for hydroxylation is 1. The molecule has 0 fully saturated rings. The summed E-state index contributed by atoms with van der Waals surface area (Å²) in [4.78, 5) is 15.2. The number of hydrogen-bond donors (Lipinski definition) is 1. The highest BCUT2D eigenvalue weighted by atomic mass is 16.4. The van der Waals surface area contributed by atoms with E-state index in [1.54, 1.807) is 6.92 Å². The van der Waals surface area contributed by atoms with Gasteiger partial charge < -0.3 is 10.2 Å². The van der Waals surface area contributed by atoms with E-state index in [9.17, 15) is 4.79 Å². The molecule has 2 rings (SSSR count). The van der Waals surface area contributed by atoms with Gasteiger partial charge in [0.15, 0.2) is 0 Å². The maximum Gasteiger partial charge on any atom is 0.326 e. The fourth-order valence-corrected chi connectivity index (χ4v) is 1.04.